The standard InChI is InChI=1S/C13H22N2O3S2/c1-10(2)13(9-16)15-20(17,18)8-7-19-12-5-3-11(14)4-6-12/h3-6,10,13,15-16H,7-9,14H2,1-2H3/t13-/m1/s1. The zero-order chi connectivity index (χ0) is 15.2. The molecule has 1 aromatic carbocycles. The minimum absolute atomic E-state index is 0.0191. The lowest BCUT2D eigenvalue weighted by atomic mass is 10.1. The third-order valence-electron chi connectivity index (χ3n) is 2.83. The number of nitrogens with two attached hydrogens (primary N) is 1. The van der Waals surface area contributed by atoms with Crippen molar-refractivity contribution in [2.75, 3.05) is 23.8 Å². The molecule has 0 saturated carbocycles. The Hall–Kier alpha value is -0.760. The topological polar surface area (TPSA) is 92.4 Å². The van der Waals surface area contributed by atoms with E-state index in [1.807, 2.05) is 26.0 Å². The van der Waals surface area contributed by atoms with Gasteiger partial charge in [-0.2, -0.15) is 0 Å². The lowest BCUT2D eigenvalue weighted by Gasteiger charge is -2.19. The number of aliphatic hydroxyl groups excluding tert-OH is 1. The van der Waals surface area contributed by atoms with Crippen molar-refractivity contribution in [3.8, 4) is 0 Å². The molecule has 1 atom stereocenters. The molecule has 1 rings (SSSR count). The van der Waals surface area contributed by atoms with Crippen molar-refractivity contribution in [1.82, 2.24) is 4.72 Å². The highest BCUT2D eigenvalue weighted by molar-refractivity contribution is 8.00. The van der Waals surface area contributed by atoms with Crippen LogP contribution in [0.15, 0.2) is 29.2 Å². The molecule has 0 saturated heterocycles. The van der Waals surface area contributed by atoms with Gasteiger partial charge in [0.25, 0.3) is 0 Å². The first kappa shape index (κ1) is 17.3. The average molecular weight is 318 g/mol. The maximum Gasteiger partial charge on any atom is 0.212 e. The minimum Gasteiger partial charge on any atom is -0.399 e. The monoisotopic (exact) mass is 318 g/mol. The molecule has 0 unspecified atom stereocenters. The van der Waals surface area contributed by atoms with Crippen molar-refractivity contribution < 1.29 is 13.5 Å². The third kappa shape index (κ3) is 6.13. The Morgan fingerprint density at radius 2 is 1.90 bits per heavy atom. The Labute approximate surface area is 125 Å². The molecule has 0 radical (unpaired) electrons. The van der Waals surface area contributed by atoms with Gasteiger partial charge in [-0.15, -0.1) is 11.8 Å². The summed E-state index contributed by atoms with van der Waals surface area (Å²) >= 11 is 1.46. The molecule has 0 heterocycles. The predicted octanol–water partition coefficient (Wildman–Crippen LogP) is 1.30. The molecule has 0 aliphatic carbocycles. The summed E-state index contributed by atoms with van der Waals surface area (Å²) in [5, 5.41) is 9.15. The van der Waals surface area contributed by atoms with Crippen LogP contribution in [0.25, 0.3) is 0 Å². The van der Waals surface area contributed by atoms with Crippen molar-refractivity contribution in [1.29, 1.82) is 0 Å². The zero-order valence-corrected chi connectivity index (χ0v) is 13.4. The SMILES string of the molecule is CC(C)[C@@H](CO)NS(=O)(=O)CCSc1ccc(N)cc1. The van der Waals surface area contributed by atoms with E-state index in [4.69, 9.17) is 10.8 Å². The molecule has 0 amide bonds. The summed E-state index contributed by atoms with van der Waals surface area (Å²) in [5.74, 6) is 0.528. The number of nitrogens with one attached hydrogen (secondary N) is 1. The normalized spacial score (nSPS) is 13.6. The van der Waals surface area contributed by atoms with Gasteiger partial charge in [0, 0.05) is 22.4 Å². The molecule has 5 nitrogen and oxygen atoms in total. The van der Waals surface area contributed by atoms with Gasteiger partial charge in [0.2, 0.25) is 10.0 Å². The molecule has 4 N–H and O–H groups in total. The molecule has 0 aromatic heterocycles. The number of aliphatic hydroxyl groups is 1. The number of benzene rings is 1. The smallest absolute Gasteiger partial charge is 0.212 e. The highest BCUT2D eigenvalue weighted by atomic mass is 32.2. The Morgan fingerprint density at radius 3 is 2.40 bits per heavy atom. The van der Waals surface area contributed by atoms with Crippen LogP contribution >= 0.6 is 11.8 Å². The number of rotatable bonds is 8. The van der Waals surface area contributed by atoms with Crippen molar-refractivity contribution in [2.24, 2.45) is 5.92 Å². The third-order valence-corrected chi connectivity index (χ3v) is 5.51. The number of anilines is 1. The summed E-state index contributed by atoms with van der Waals surface area (Å²) < 4.78 is 26.3. The van der Waals surface area contributed by atoms with Gasteiger partial charge in [0.15, 0.2) is 0 Å². The van der Waals surface area contributed by atoms with Crippen LogP contribution in [-0.2, 0) is 10.0 Å². The van der Waals surface area contributed by atoms with Crippen LogP contribution in [0.2, 0.25) is 0 Å². The fourth-order valence-electron chi connectivity index (χ4n) is 1.51. The van der Waals surface area contributed by atoms with E-state index in [-0.39, 0.29) is 18.3 Å². The van der Waals surface area contributed by atoms with Crippen LogP contribution in [0.5, 0.6) is 0 Å². The average Bonchev–Trinajstić information content (AvgIpc) is 2.38. The van der Waals surface area contributed by atoms with Crippen LogP contribution in [-0.4, -0.2) is 37.7 Å². The van der Waals surface area contributed by atoms with E-state index in [9.17, 15) is 8.42 Å². The molecule has 0 fully saturated rings. The first-order valence-corrected chi connectivity index (χ1v) is 9.07. The molecule has 0 bridgehead atoms. The molecule has 7 heteroatoms. The highest BCUT2D eigenvalue weighted by Gasteiger charge is 2.19. The second kappa shape index (κ2) is 7.87. The highest BCUT2D eigenvalue weighted by Crippen LogP contribution is 2.19. The number of thioether (sulfide) groups is 1. The first-order chi connectivity index (χ1) is 9.34. The van der Waals surface area contributed by atoms with Crippen LogP contribution in [0.1, 0.15) is 13.8 Å². The molecule has 114 valence electrons. The summed E-state index contributed by atoms with van der Waals surface area (Å²) in [7, 11) is -3.37. The number of hydrogen-bond donors (Lipinski definition) is 3. The van der Waals surface area contributed by atoms with Gasteiger partial charge in [-0.25, -0.2) is 13.1 Å². The van der Waals surface area contributed by atoms with E-state index in [0.29, 0.717) is 11.4 Å². The molecule has 20 heavy (non-hydrogen) atoms. The fraction of sp³-hybridized carbons (Fsp3) is 0.538. The lowest BCUT2D eigenvalue weighted by molar-refractivity contribution is 0.228. The van der Waals surface area contributed by atoms with E-state index in [1.54, 1.807) is 12.1 Å². The van der Waals surface area contributed by atoms with Crippen molar-refractivity contribution in [3.63, 3.8) is 0 Å². The van der Waals surface area contributed by atoms with Gasteiger partial charge in [0.05, 0.1) is 12.4 Å². The summed E-state index contributed by atoms with van der Waals surface area (Å²) in [6.07, 6.45) is 0. The van der Waals surface area contributed by atoms with Gasteiger partial charge in [-0.1, -0.05) is 13.8 Å². The summed E-state index contributed by atoms with van der Waals surface area (Å²) in [6, 6.07) is 6.88. The Bertz CT molecular complexity index is 501. The summed E-state index contributed by atoms with van der Waals surface area (Å²) in [4.78, 5) is 0.983. The quantitative estimate of drug-likeness (QED) is 0.496. The Morgan fingerprint density at radius 1 is 1.30 bits per heavy atom. The van der Waals surface area contributed by atoms with Crippen molar-refractivity contribution >= 4 is 27.5 Å². The molecular weight excluding hydrogens is 296 g/mol. The number of sulfonamides is 1. The second-order valence-electron chi connectivity index (χ2n) is 4.89. The van der Waals surface area contributed by atoms with Gasteiger partial charge in [-0.05, 0) is 30.2 Å². The van der Waals surface area contributed by atoms with E-state index in [1.165, 1.54) is 11.8 Å². The number of nitrogen functional groups attached to an aromatic ring is 1. The van der Waals surface area contributed by atoms with E-state index in [2.05, 4.69) is 4.72 Å². The number of hydrogen-bond acceptors (Lipinski definition) is 5. The first-order valence-electron chi connectivity index (χ1n) is 6.43. The van der Waals surface area contributed by atoms with Crippen LogP contribution in [0, 0.1) is 5.92 Å². The largest absolute Gasteiger partial charge is 0.399 e. The van der Waals surface area contributed by atoms with Crippen LogP contribution in [0.3, 0.4) is 0 Å². The minimum atomic E-state index is -3.37. The molecular formula is C13H22N2O3S2. The van der Waals surface area contributed by atoms with Gasteiger partial charge in [-0.3, -0.25) is 0 Å². The van der Waals surface area contributed by atoms with Crippen LogP contribution in [0.4, 0.5) is 5.69 Å². The van der Waals surface area contributed by atoms with Gasteiger partial charge < -0.3 is 10.8 Å². The predicted molar refractivity (Wildman–Crippen MR) is 84.2 cm³/mol. The maximum absolute atomic E-state index is 11.9. The molecule has 1 aromatic rings. The zero-order valence-electron chi connectivity index (χ0n) is 11.7. The van der Waals surface area contributed by atoms with Crippen molar-refractivity contribution in [3.05, 3.63) is 24.3 Å². The van der Waals surface area contributed by atoms with E-state index in [0.717, 1.165) is 4.90 Å². The van der Waals surface area contributed by atoms with Gasteiger partial charge >= 0.3 is 0 Å². The maximum atomic E-state index is 11.9. The van der Waals surface area contributed by atoms with Gasteiger partial charge in [0.1, 0.15) is 0 Å². The lowest BCUT2D eigenvalue weighted by Crippen LogP contribution is -2.42. The molecule has 0 aliphatic heterocycles. The molecule has 0 spiro atoms. The molecule has 0 aliphatic rings. The van der Waals surface area contributed by atoms with Crippen molar-refractivity contribution in [2.45, 2.75) is 24.8 Å². The summed E-state index contributed by atoms with van der Waals surface area (Å²) in [6.45, 7) is 3.54. The summed E-state index contributed by atoms with van der Waals surface area (Å²) in [5.41, 5.74) is 6.27. The Kier molecular flexibility index (Phi) is 6.81. The van der Waals surface area contributed by atoms with E-state index < -0.39 is 16.1 Å². The van der Waals surface area contributed by atoms with E-state index >= 15 is 0 Å². The Balaban J connectivity index is 2.45. The van der Waals surface area contributed by atoms with Crippen LogP contribution < -0.4 is 10.5 Å². The fourth-order valence-corrected chi connectivity index (χ4v) is 4.21. The second-order valence-corrected chi connectivity index (χ2v) is 7.93.